The standard InChI is InChI=1S/C36H56N6O3/c1-27(2)24-33(39-26-30(38)25-29-14-8-5-9-15-29)35(44)40-32(16-10-11-21-37)36(45)42-22-19-31(20-23-42)41(3)34(43)18-17-28-12-6-4-7-13-28/h4-9,12-15,27,30-33,39H,10-11,16-26,37-38H2,1-3H3,(H,40,44). The molecule has 0 aromatic heterocycles. The van der Waals surface area contributed by atoms with E-state index < -0.39 is 12.1 Å². The number of carbonyl (C=O) groups is 3. The number of likely N-dealkylation sites (tertiary alicyclic amines) is 1. The molecular formula is C36H56N6O3. The number of hydrogen-bond donors (Lipinski definition) is 4. The zero-order chi connectivity index (χ0) is 32.6. The van der Waals surface area contributed by atoms with Gasteiger partial charge < -0.3 is 31.9 Å². The van der Waals surface area contributed by atoms with Crippen LogP contribution in [0.25, 0.3) is 0 Å². The summed E-state index contributed by atoms with van der Waals surface area (Å²) in [6.07, 6.45) is 6.08. The molecule has 1 heterocycles. The fraction of sp³-hybridized carbons (Fsp3) is 0.583. The van der Waals surface area contributed by atoms with E-state index in [1.54, 1.807) is 0 Å². The van der Waals surface area contributed by atoms with Crippen LogP contribution in [-0.2, 0) is 27.2 Å². The molecule has 0 aliphatic carbocycles. The zero-order valence-electron chi connectivity index (χ0n) is 27.6. The molecule has 3 unspecified atom stereocenters. The van der Waals surface area contributed by atoms with Crippen molar-refractivity contribution in [1.82, 2.24) is 20.4 Å². The highest BCUT2D eigenvalue weighted by Gasteiger charge is 2.32. The van der Waals surface area contributed by atoms with E-state index in [0.717, 1.165) is 43.2 Å². The van der Waals surface area contributed by atoms with Crippen LogP contribution < -0.4 is 22.1 Å². The summed E-state index contributed by atoms with van der Waals surface area (Å²) in [6, 6.07) is 19.0. The van der Waals surface area contributed by atoms with Gasteiger partial charge in [0, 0.05) is 45.2 Å². The van der Waals surface area contributed by atoms with E-state index in [4.69, 9.17) is 11.5 Å². The van der Waals surface area contributed by atoms with Crippen LogP contribution >= 0.6 is 0 Å². The molecule has 0 radical (unpaired) electrons. The van der Waals surface area contributed by atoms with Crippen LogP contribution in [0.3, 0.4) is 0 Å². The van der Waals surface area contributed by atoms with Gasteiger partial charge in [-0.15, -0.1) is 0 Å². The summed E-state index contributed by atoms with van der Waals surface area (Å²) in [7, 11) is 1.87. The number of benzene rings is 2. The first kappa shape index (κ1) is 36.2. The molecule has 9 heteroatoms. The molecule has 1 aliphatic heterocycles. The molecule has 0 bridgehead atoms. The second-order valence-corrected chi connectivity index (χ2v) is 12.9. The van der Waals surface area contributed by atoms with Crippen molar-refractivity contribution >= 4 is 17.7 Å². The van der Waals surface area contributed by atoms with Crippen LogP contribution in [0.5, 0.6) is 0 Å². The van der Waals surface area contributed by atoms with Crippen LogP contribution in [0.2, 0.25) is 0 Å². The first-order valence-electron chi connectivity index (χ1n) is 16.8. The third-order valence-electron chi connectivity index (χ3n) is 8.74. The zero-order valence-corrected chi connectivity index (χ0v) is 27.6. The maximum atomic E-state index is 13.8. The predicted molar refractivity (Wildman–Crippen MR) is 181 cm³/mol. The smallest absolute Gasteiger partial charge is 0.245 e. The lowest BCUT2D eigenvalue weighted by Gasteiger charge is -2.38. The van der Waals surface area contributed by atoms with Gasteiger partial charge in [-0.3, -0.25) is 14.4 Å². The van der Waals surface area contributed by atoms with Crippen molar-refractivity contribution in [3.8, 4) is 0 Å². The Bertz CT molecular complexity index is 1150. The molecule has 0 saturated carbocycles. The number of rotatable bonds is 18. The Labute approximate surface area is 270 Å². The van der Waals surface area contributed by atoms with Crippen LogP contribution in [0.1, 0.15) is 69.9 Å². The lowest BCUT2D eigenvalue weighted by Crippen LogP contribution is -2.56. The minimum absolute atomic E-state index is 0.0547. The fourth-order valence-corrected chi connectivity index (χ4v) is 6.03. The molecule has 6 N–H and O–H groups in total. The Kier molecular flexibility index (Phi) is 15.5. The molecule has 3 atom stereocenters. The van der Waals surface area contributed by atoms with Crippen molar-refractivity contribution in [2.45, 2.75) is 95.8 Å². The van der Waals surface area contributed by atoms with Gasteiger partial charge in [0.25, 0.3) is 0 Å². The van der Waals surface area contributed by atoms with E-state index in [1.807, 2.05) is 65.4 Å². The van der Waals surface area contributed by atoms with E-state index in [9.17, 15) is 14.4 Å². The quantitative estimate of drug-likeness (QED) is 0.189. The van der Waals surface area contributed by atoms with E-state index >= 15 is 0 Å². The fourth-order valence-electron chi connectivity index (χ4n) is 6.03. The third-order valence-corrected chi connectivity index (χ3v) is 8.74. The minimum Gasteiger partial charge on any atom is -0.343 e. The van der Waals surface area contributed by atoms with E-state index in [2.05, 4.69) is 36.6 Å². The maximum Gasteiger partial charge on any atom is 0.245 e. The number of nitrogens with zero attached hydrogens (tertiary/aromatic N) is 2. The van der Waals surface area contributed by atoms with Gasteiger partial charge in [-0.05, 0) is 75.0 Å². The van der Waals surface area contributed by atoms with Crippen molar-refractivity contribution in [1.29, 1.82) is 0 Å². The Morgan fingerprint density at radius 2 is 1.56 bits per heavy atom. The van der Waals surface area contributed by atoms with Crippen LogP contribution in [-0.4, -0.2) is 84.9 Å². The number of unbranched alkanes of at least 4 members (excludes halogenated alkanes) is 1. The predicted octanol–water partition coefficient (Wildman–Crippen LogP) is 3.26. The van der Waals surface area contributed by atoms with Gasteiger partial charge in [-0.25, -0.2) is 0 Å². The van der Waals surface area contributed by atoms with Crippen LogP contribution in [0.4, 0.5) is 0 Å². The highest BCUT2D eigenvalue weighted by molar-refractivity contribution is 5.90. The van der Waals surface area contributed by atoms with Crippen molar-refractivity contribution < 1.29 is 14.4 Å². The van der Waals surface area contributed by atoms with Gasteiger partial charge in [0.1, 0.15) is 6.04 Å². The number of nitrogens with two attached hydrogens (primary N) is 2. The number of aryl methyl sites for hydroxylation is 1. The highest BCUT2D eigenvalue weighted by Crippen LogP contribution is 2.19. The van der Waals surface area contributed by atoms with Gasteiger partial charge in [-0.2, -0.15) is 0 Å². The number of piperidine rings is 1. The Balaban J connectivity index is 1.55. The minimum atomic E-state index is -0.611. The van der Waals surface area contributed by atoms with Gasteiger partial charge in [0.2, 0.25) is 17.7 Å². The average molecular weight is 621 g/mol. The Morgan fingerprint density at radius 1 is 0.933 bits per heavy atom. The summed E-state index contributed by atoms with van der Waals surface area (Å²) >= 11 is 0. The number of hydrogen-bond acceptors (Lipinski definition) is 6. The van der Waals surface area contributed by atoms with Gasteiger partial charge in [0.05, 0.1) is 6.04 Å². The monoisotopic (exact) mass is 620 g/mol. The summed E-state index contributed by atoms with van der Waals surface area (Å²) < 4.78 is 0. The maximum absolute atomic E-state index is 13.8. The molecule has 0 spiro atoms. The summed E-state index contributed by atoms with van der Waals surface area (Å²) in [4.78, 5) is 44.0. The van der Waals surface area contributed by atoms with Crippen LogP contribution in [0, 0.1) is 5.92 Å². The van der Waals surface area contributed by atoms with E-state index in [0.29, 0.717) is 51.9 Å². The lowest BCUT2D eigenvalue weighted by atomic mass is 9.99. The van der Waals surface area contributed by atoms with Gasteiger partial charge in [-0.1, -0.05) is 74.5 Å². The second kappa shape index (κ2) is 19.3. The summed E-state index contributed by atoms with van der Waals surface area (Å²) in [5, 5.41) is 6.49. The molecule has 9 nitrogen and oxygen atoms in total. The van der Waals surface area contributed by atoms with E-state index in [1.165, 1.54) is 0 Å². The molecule has 1 fully saturated rings. The first-order chi connectivity index (χ1) is 21.7. The molecule has 2 aromatic carbocycles. The van der Waals surface area contributed by atoms with E-state index in [-0.39, 0.29) is 35.7 Å². The molecule has 2 aromatic rings. The van der Waals surface area contributed by atoms with Crippen LogP contribution in [0.15, 0.2) is 60.7 Å². The van der Waals surface area contributed by atoms with Crippen molar-refractivity contribution in [3.63, 3.8) is 0 Å². The number of carbonyl (C=O) groups excluding carboxylic acids is 3. The highest BCUT2D eigenvalue weighted by atomic mass is 16.2. The summed E-state index contributed by atoms with van der Waals surface area (Å²) in [5.41, 5.74) is 14.5. The first-order valence-corrected chi connectivity index (χ1v) is 16.8. The molecule has 45 heavy (non-hydrogen) atoms. The molecule has 1 aliphatic rings. The normalized spacial score (nSPS) is 15.8. The van der Waals surface area contributed by atoms with Gasteiger partial charge >= 0.3 is 0 Å². The second-order valence-electron chi connectivity index (χ2n) is 12.9. The third kappa shape index (κ3) is 12.6. The molecule has 248 valence electrons. The molecular weight excluding hydrogens is 564 g/mol. The molecule has 3 rings (SSSR count). The van der Waals surface area contributed by atoms with Crippen molar-refractivity contribution in [3.05, 3.63) is 71.8 Å². The molecule has 1 saturated heterocycles. The summed E-state index contributed by atoms with van der Waals surface area (Å²) in [5.74, 6) is 0.195. The number of nitrogens with one attached hydrogen (secondary N) is 2. The van der Waals surface area contributed by atoms with Crippen molar-refractivity contribution in [2.75, 3.05) is 33.2 Å². The van der Waals surface area contributed by atoms with Gasteiger partial charge in [0.15, 0.2) is 0 Å². The van der Waals surface area contributed by atoms with Crippen molar-refractivity contribution in [2.24, 2.45) is 17.4 Å². The largest absolute Gasteiger partial charge is 0.343 e. The average Bonchev–Trinajstić information content (AvgIpc) is 3.05. The Hall–Kier alpha value is -3.27. The number of amides is 3. The SMILES string of the molecule is CC(C)CC(NCC(N)Cc1ccccc1)C(=O)NC(CCCCN)C(=O)N1CCC(N(C)C(=O)CCc2ccccc2)CC1. The summed E-state index contributed by atoms with van der Waals surface area (Å²) in [6.45, 7) is 6.33. The topological polar surface area (TPSA) is 134 Å². The Morgan fingerprint density at radius 3 is 2.16 bits per heavy atom. The lowest BCUT2D eigenvalue weighted by molar-refractivity contribution is -0.139. The molecule has 3 amide bonds.